The van der Waals surface area contributed by atoms with Crippen LogP contribution in [0.15, 0.2) is 35.2 Å². The Bertz CT molecular complexity index is 638. The first kappa shape index (κ1) is 16.7. The highest BCUT2D eigenvalue weighted by molar-refractivity contribution is 7.89. The minimum Gasteiger partial charge on any atom is -0.304 e. The molecular formula is C18H26N2O2S. The third kappa shape index (κ3) is 4.03. The molecule has 0 unspecified atom stereocenters. The van der Waals surface area contributed by atoms with Gasteiger partial charge in [-0.3, -0.25) is 0 Å². The molecule has 1 aliphatic carbocycles. The van der Waals surface area contributed by atoms with Crippen molar-refractivity contribution < 1.29 is 8.42 Å². The number of benzene rings is 1. The number of rotatable bonds is 4. The lowest BCUT2D eigenvalue weighted by atomic mass is 10.1. The molecule has 1 saturated heterocycles. The molecule has 23 heavy (non-hydrogen) atoms. The number of sulfonamides is 1. The fraction of sp³-hybridized carbons (Fsp3) is 0.556. The van der Waals surface area contributed by atoms with Crippen LogP contribution < -0.4 is 0 Å². The van der Waals surface area contributed by atoms with E-state index in [2.05, 4.69) is 17.1 Å². The summed E-state index contributed by atoms with van der Waals surface area (Å²) in [5, 5.41) is 0. The van der Waals surface area contributed by atoms with Gasteiger partial charge in [0, 0.05) is 26.2 Å². The molecule has 0 amide bonds. The van der Waals surface area contributed by atoms with Crippen molar-refractivity contribution in [3.63, 3.8) is 0 Å². The van der Waals surface area contributed by atoms with Crippen LogP contribution in [0.4, 0.5) is 0 Å². The highest BCUT2D eigenvalue weighted by atomic mass is 32.2. The smallest absolute Gasteiger partial charge is 0.243 e. The highest BCUT2D eigenvalue weighted by Crippen LogP contribution is 2.26. The van der Waals surface area contributed by atoms with Crippen molar-refractivity contribution in [2.45, 2.75) is 30.6 Å². The molecule has 0 spiro atoms. The van der Waals surface area contributed by atoms with Crippen molar-refractivity contribution in [1.29, 1.82) is 0 Å². The van der Waals surface area contributed by atoms with E-state index in [9.17, 15) is 8.42 Å². The molecule has 0 aromatic heterocycles. The molecule has 1 saturated carbocycles. The van der Waals surface area contributed by atoms with Crippen molar-refractivity contribution in [2.75, 3.05) is 33.2 Å². The van der Waals surface area contributed by atoms with Crippen molar-refractivity contribution in [2.24, 2.45) is 5.92 Å². The monoisotopic (exact) mass is 334 g/mol. The summed E-state index contributed by atoms with van der Waals surface area (Å²) >= 11 is 0. The largest absolute Gasteiger partial charge is 0.304 e. The number of hydrogen-bond acceptors (Lipinski definition) is 3. The third-order valence-electron chi connectivity index (χ3n) is 4.94. The third-order valence-corrected chi connectivity index (χ3v) is 6.85. The van der Waals surface area contributed by atoms with Crippen LogP contribution in [-0.4, -0.2) is 50.8 Å². The van der Waals surface area contributed by atoms with Gasteiger partial charge in [0.1, 0.15) is 0 Å². The van der Waals surface area contributed by atoms with Crippen LogP contribution in [0.3, 0.4) is 0 Å². The van der Waals surface area contributed by atoms with Gasteiger partial charge in [0.25, 0.3) is 0 Å². The summed E-state index contributed by atoms with van der Waals surface area (Å²) in [6.07, 6.45) is 9.63. The average molecular weight is 334 g/mol. The van der Waals surface area contributed by atoms with Gasteiger partial charge in [-0.2, -0.15) is 4.31 Å². The molecule has 1 aromatic rings. The Labute approximate surface area is 139 Å². The molecule has 126 valence electrons. The normalized spacial score (nSPS) is 22.1. The van der Waals surface area contributed by atoms with E-state index in [0.717, 1.165) is 18.7 Å². The molecule has 5 heteroatoms. The zero-order valence-electron chi connectivity index (χ0n) is 13.8. The second kappa shape index (κ2) is 7.16. The predicted octanol–water partition coefficient (Wildman–Crippen LogP) is 2.83. The lowest BCUT2D eigenvalue weighted by molar-refractivity contribution is 0.222. The van der Waals surface area contributed by atoms with Crippen LogP contribution in [0.5, 0.6) is 0 Å². The summed E-state index contributed by atoms with van der Waals surface area (Å²) < 4.78 is 26.9. The molecule has 0 bridgehead atoms. The Balaban J connectivity index is 1.68. The Morgan fingerprint density at radius 3 is 2.22 bits per heavy atom. The summed E-state index contributed by atoms with van der Waals surface area (Å²) in [4.78, 5) is 2.56. The SMILES string of the molecule is CN1CCN(S(=O)(=O)c2ccc(/C=C/C3CCCC3)cc2)CC1. The van der Waals surface area contributed by atoms with E-state index >= 15 is 0 Å². The molecule has 2 aliphatic rings. The van der Waals surface area contributed by atoms with Gasteiger partial charge < -0.3 is 4.90 Å². The van der Waals surface area contributed by atoms with E-state index in [4.69, 9.17) is 0 Å². The quantitative estimate of drug-likeness (QED) is 0.850. The zero-order valence-corrected chi connectivity index (χ0v) is 14.6. The molecule has 0 N–H and O–H groups in total. The first-order chi connectivity index (χ1) is 11.1. The minimum absolute atomic E-state index is 0.403. The molecular weight excluding hydrogens is 308 g/mol. The Morgan fingerprint density at radius 2 is 1.61 bits per heavy atom. The van der Waals surface area contributed by atoms with Crippen LogP contribution >= 0.6 is 0 Å². The number of nitrogens with zero attached hydrogens (tertiary/aromatic N) is 2. The molecule has 3 rings (SSSR count). The van der Waals surface area contributed by atoms with E-state index in [-0.39, 0.29) is 0 Å². The maximum absolute atomic E-state index is 12.7. The second-order valence-corrected chi connectivity index (χ2v) is 8.62. The summed E-state index contributed by atoms with van der Waals surface area (Å²) in [6.45, 7) is 2.73. The van der Waals surface area contributed by atoms with E-state index in [1.165, 1.54) is 25.7 Å². The second-order valence-electron chi connectivity index (χ2n) is 6.68. The Morgan fingerprint density at radius 1 is 1.00 bits per heavy atom. The maximum Gasteiger partial charge on any atom is 0.243 e. The van der Waals surface area contributed by atoms with E-state index in [1.54, 1.807) is 16.4 Å². The summed E-state index contributed by atoms with van der Waals surface area (Å²) in [6, 6.07) is 7.30. The van der Waals surface area contributed by atoms with Gasteiger partial charge >= 0.3 is 0 Å². The first-order valence-electron chi connectivity index (χ1n) is 8.53. The van der Waals surface area contributed by atoms with E-state index in [1.807, 2.05) is 19.2 Å². The topological polar surface area (TPSA) is 40.6 Å². The number of hydrogen-bond donors (Lipinski definition) is 0. The van der Waals surface area contributed by atoms with Crippen molar-refractivity contribution in [3.8, 4) is 0 Å². The molecule has 0 radical (unpaired) electrons. The van der Waals surface area contributed by atoms with Crippen LogP contribution in [0, 0.1) is 5.92 Å². The fourth-order valence-electron chi connectivity index (χ4n) is 3.33. The lowest BCUT2D eigenvalue weighted by Crippen LogP contribution is -2.46. The van der Waals surface area contributed by atoms with Crippen molar-refractivity contribution in [1.82, 2.24) is 9.21 Å². The number of allylic oxidation sites excluding steroid dienone is 1. The van der Waals surface area contributed by atoms with Crippen molar-refractivity contribution >= 4 is 16.1 Å². The molecule has 1 aliphatic heterocycles. The Kier molecular flexibility index (Phi) is 5.19. The molecule has 2 fully saturated rings. The van der Waals surface area contributed by atoms with Crippen LogP contribution in [0.2, 0.25) is 0 Å². The van der Waals surface area contributed by atoms with Crippen LogP contribution in [0.1, 0.15) is 31.2 Å². The number of piperazine rings is 1. The molecule has 4 nitrogen and oxygen atoms in total. The highest BCUT2D eigenvalue weighted by Gasteiger charge is 2.27. The van der Waals surface area contributed by atoms with Gasteiger partial charge in [0.2, 0.25) is 10.0 Å². The summed E-state index contributed by atoms with van der Waals surface area (Å²) in [7, 11) is -1.33. The summed E-state index contributed by atoms with van der Waals surface area (Å²) in [5.41, 5.74) is 1.08. The standard InChI is InChI=1S/C18H26N2O2S/c1-19-12-14-20(15-13-19)23(21,22)18-10-8-17(9-11-18)7-6-16-4-2-3-5-16/h6-11,16H,2-5,12-15H2,1H3/b7-6+. The van der Waals surface area contributed by atoms with E-state index < -0.39 is 10.0 Å². The molecule has 1 aromatic carbocycles. The van der Waals surface area contributed by atoms with E-state index in [0.29, 0.717) is 23.9 Å². The Hall–Kier alpha value is -1.17. The molecule has 0 atom stereocenters. The van der Waals surface area contributed by atoms with Crippen LogP contribution in [-0.2, 0) is 10.0 Å². The van der Waals surface area contributed by atoms with Gasteiger partial charge in [-0.05, 0) is 43.5 Å². The van der Waals surface area contributed by atoms with Gasteiger partial charge in [0.15, 0.2) is 0 Å². The molecule has 1 heterocycles. The zero-order chi connectivity index (χ0) is 16.3. The predicted molar refractivity (Wildman–Crippen MR) is 93.7 cm³/mol. The first-order valence-corrected chi connectivity index (χ1v) is 9.97. The van der Waals surface area contributed by atoms with Crippen molar-refractivity contribution in [3.05, 3.63) is 35.9 Å². The number of likely N-dealkylation sites (N-methyl/N-ethyl adjacent to an activating group) is 1. The van der Waals surface area contributed by atoms with Gasteiger partial charge in [-0.1, -0.05) is 37.1 Å². The minimum atomic E-state index is -3.35. The maximum atomic E-state index is 12.7. The fourth-order valence-corrected chi connectivity index (χ4v) is 4.75. The van der Waals surface area contributed by atoms with Crippen LogP contribution in [0.25, 0.3) is 6.08 Å². The van der Waals surface area contributed by atoms with Gasteiger partial charge in [-0.15, -0.1) is 0 Å². The lowest BCUT2D eigenvalue weighted by Gasteiger charge is -2.31. The summed E-state index contributed by atoms with van der Waals surface area (Å²) in [5.74, 6) is 0.698. The van der Waals surface area contributed by atoms with Gasteiger partial charge in [-0.25, -0.2) is 8.42 Å². The average Bonchev–Trinajstić information content (AvgIpc) is 3.07. The van der Waals surface area contributed by atoms with Gasteiger partial charge in [0.05, 0.1) is 4.90 Å².